The van der Waals surface area contributed by atoms with E-state index in [0.29, 0.717) is 18.2 Å². The lowest BCUT2D eigenvalue weighted by molar-refractivity contribution is -0.118. The number of hydrogen-bond donors (Lipinski definition) is 6. The van der Waals surface area contributed by atoms with Crippen LogP contribution in [0.2, 0.25) is 0 Å². The molecule has 2 aliphatic rings. The molecule has 260 valence electrons. The topological polar surface area (TPSA) is 249 Å². The lowest BCUT2D eigenvalue weighted by Gasteiger charge is -2.20. The highest BCUT2D eigenvalue weighted by Crippen LogP contribution is 2.28. The van der Waals surface area contributed by atoms with Gasteiger partial charge in [-0.05, 0) is 61.4 Å². The van der Waals surface area contributed by atoms with Crippen molar-refractivity contribution in [1.29, 1.82) is 5.41 Å². The fourth-order valence-electron chi connectivity index (χ4n) is 5.46. The number of hydrogen-bond acceptors (Lipinski definition) is 12. The van der Waals surface area contributed by atoms with Gasteiger partial charge in [0.1, 0.15) is 9.79 Å². The Bertz CT molecular complexity index is 2640. The highest BCUT2D eigenvalue weighted by molar-refractivity contribution is 7.86. The summed E-state index contributed by atoms with van der Waals surface area (Å²) in [5.74, 6) is -0.315. The number of nitrogens with two attached hydrogens (primary N) is 1. The zero-order chi connectivity index (χ0) is 36.4. The van der Waals surface area contributed by atoms with E-state index in [4.69, 9.17) is 11.1 Å². The average molecular weight is 721 g/mol. The third-order valence-electron chi connectivity index (χ3n) is 7.97. The SMILES string of the molecule is CN(CCCCCC(N)=O)c1ccc(NNc2ccc(N=c3cc(S(=O)(=O)O)c(=N)c4c(=O)c5ccccc5c(=O)c3=4)c(S(=O)(=O)O)c2)cc1. The smallest absolute Gasteiger partial charge is 0.296 e. The second-order valence-corrected chi connectivity index (χ2v) is 14.2. The Balaban J connectivity index is 1.50. The van der Waals surface area contributed by atoms with Crippen molar-refractivity contribution in [1.82, 2.24) is 0 Å². The maximum absolute atomic E-state index is 13.6. The van der Waals surface area contributed by atoms with Crippen molar-refractivity contribution in [3.05, 3.63) is 114 Å². The zero-order valence-electron chi connectivity index (χ0n) is 26.5. The molecular weight excluding hydrogens is 689 g/mol. The van der Waals surface area contributed by atoms with Crippen LogP contribution in [-0.4, -0.2) is 45.4 Å². The number of carbonyl (C=O) groups excluding carboxylic acids is 1. The van der Waals surface area contributed by atoms with E-state index < -0.39 is 67.7 Å². The summed E-state index contributed by atoms with van der Waals surface area (Å²) < 4.78 is 69.3. The standard InChI is InChI=1S/C33H32N6O9S2/c1-39(16-6-2-3-9-28(34)40)21-13-10-19(11-14-21)37-38-20-12-15-24(26(17-20)49(43,44)45)36-25-18-27(50(46,47)48)31(35)30-29(25)32(41)22-7-4-5-8-23(22)33(30)42/h4-5,7-8,10-15,17-18,35,37-38H,2-3,6,9,16H2,1H3,(H2,34,40)(H,43,44,45)(H,46,47,48). The summed E-state index contributed by atoms with van der Waals surface area (Å²) in [5, 5.41) is 5.70. The first-order valence-corrected chi connectivity index (χ1v) is 18.0. The predicted octanol–water partition coefficient (Wildman–Crippen LogP) is 2.29. The van der Waals surface area contributed by atoms with E-state index in [1.165, 1.54) is 36.4 Å². The molecule has 5 rings (SSSR count). The number of amides is 1. The van der Waals surface area contributed by atoms with Gasteiger partial charge >= 0.3 is 0 Å². The number of carbonyl (C=O) groups is 1. The number of nitrogens with one attached hydrogen (secondary N) is 3. The molecule has 0 saturated carbocycles. The van der Waals surface area contributed by atoms with Crippen LogP contribution in [0.3, 0.4) is 0 Å². The van der Waals surface area contributed by atoms with E-state index in [-0.39, 0.29) is 22.4 Å². The molecule has 0 aliphatic heterocycles. The minimum absolute atomic E-state index is 0.0437. The number of unbranched alkanes of at least 4 members (excludes halogenated alkanes) is 2. The Hall–Kier alpha value is -5.49. The molecule has 7 N–H and O–H groups in total. The maximum atomic E-state index is 13.6. The summed E-state index contributed by atoms with van der Waals surface area (Å²) in [4.78, 5) is 42.3. The van der Waals surface area contributed by atoms with E-state index in [2.05, 4.69) is 20.7 Å². The highest BCUT2D eigenvalue weighted by atomic mass is 32.2. The van der Waals surface area contributed by atoms with Crippen LogP contribution >= 0.6 is 0 Å². The fraction of sp³-hybridized carbons (Fsp3) is 0.182. The molecule has 0 bridgehead atoms. The lowest BCUT2D eigenvalue weighted by Crippen LogP contribution is -2.32. The molecule has 0 radical (unpaired) electrons. The molecule has 0 saturated heterocycles. The quantitative estimate of drug-likeness (QED) is 0.0583. The molecule has 50 heavy (non-hydrogen) atoms. The molecule has 1 amide bonds. The zero-order valence-corrected chi connectivity index (χ0v) is 28.1. The Morgan fingerprint density at radius 2 is 1.38 bits per heavy atom. The van der Waals surface area contributed by atoms with Gasteiger partial charge in [-0.15, -0.1) is 0 Å². The first-order chi connectivity index (χ1) is 23.6. The van der Waals surface area contributed by atoms with Crippen molar-refractivity contribution in [2.45, 2.75) is 35.5 Å². The largest absolute Gasteiger partial charge is 0.375 e. The van der Waals surface area contributed by atoms with Crippen LogP contribution < -0.4 is 43.1 Å². The average Bonchev–Trinajstić information content (AvgIpc) is 3.06. The number of primary amides is 1. The molecule has 0 atom stereocenters. The molecule has 0 heterocycles. The Kier molecular flexibility index (Phi) is 10.1. The normalized spacial score (nSPS) is 12.3. The van der Waals surface area contributed by atoms with Gasteiger partial charge in [0.2, 0.25) is 5.91 Å². The van der Waals surface area contributed by atoms with Crippen LogP contribution in [0.5, 0.6) is 0 Å². The number of hydrazine groups is 1. The number of benzene rings is 3. The van der Waals surface area contributed by atoms with Crippen LogP contribution in [-0.2, 0) is 25.0 Å². The molecule has 3 aromatic carbocycles. The van der Waals surface area contributed by atoms with Gasteiger partial charge in [-0.25, -0.2) is 4.99 Å². The van der Waals surface area contributed by atoms with Crippen molar-refractivity contribution in [2.24, 2.45) is 10.7 Å². The van der Waals surface area contributed by atoms with Gasteiger partial charge in [-0.1, -0.05) is 30.7 Å². The van der Waals surface area contributed by atoms with Gasteiger partial charge in [0.05, 0.1) is 38.2 Å². The van der Waals surface area contributed by atoms with Crippen molar-refractivity contribution in [2.75, 3.05) is 29.3 Å². The number of fused-ring (bicyclic) bond motifs is 1. The van der Waals surface area contributed by atoms with Gasteiger partial charge in [0.25, 0.3) is 20.2 Å². The number of rotatable bonds is 13. The third kappa shape index (κ3) is 7.70. The maximum Gasteiger partial charge on any atom is 0.296 e. The van der Waals surface area contributed by atoms with Crippen molar-refractivity contribution >= 4 is 59.7 Å². The Morgan fingerprint density at radius 1 is 0.800 bits per heavy atom. The van der Waals surface area contributed by atoms with Gasteiger partial charge < -0.3 is 21.5 Å². The predicted molar refractivity (Wildman–Crippen MR) is 186 cm³/mol. The molecule has 0 aromatic heterocycles. The van der Waals surface area contributed by atoms with Crippen LogP contribution in [0.4, 0.5) is 22.7 Å². The molecule has 17 heteroatoms. The van der Waals surface area contributed by atoms with Crippen molar-refractivity contribution in [3.63, 3.8) is 0 Å². The third-order valence-corrected chi connectivity index (χ3v) is 9.73. The summed E-state index contributed by atoms with van der Waals surface area (Å²) >= 11 is 0. The van der Waals surface area contributed by atoms with Gasteiger partial charge in [-0.2, -0.15) is 16.8 Å². The van der Waals surface area contributed by atoms with Gasteiger partial charge in [0, 0.05) is 36.5 Å². The van der Waals surface area contributed by atoms with E-state index in [1.54, 1.807) is 12.1 Å². The summed E-state index contributed by atoms with van der Waals surface area (Å²) in [7, 11) is -8.15. The second-order valence-electron chi connectivity index (χ2n) is 11.5. The van der Waals surface area contributed by atoms with Crippen molar-refractivity contribution in [3.8, 4) is 0 Å². The van der Waals surface area contributed by atoms with Gasteiger partial charge in [0.15, 0.2) is 10.9 Å². The van der Waals surface area contributed by atoms with E-state index >= 15 is 0 Å². The number of nitrogens with zero attached hydrogens (tertiary/aromatic N) is 2. The molecule has 2 aliphatic carbocycles. The second kappa shape index (κ2) is 14.2. The summed E-state index contributed by atoms with van der Waals surface area (Å²) in [6.07, 6.45) is 2.84. The number of anilines is 3. The summed E-state index contributed by atoms with van der Waals surface area (Å²) in [6.45, 7) is 0.768. The molecule has 0 unspecified atom stereocenters. The van der Waals surface area contributed by atoms with Crippen LogP contribution in [0, 0.1) is 15.8 Å². The first kappa shape index (κ1) is 35.8. The molecule has 0 fully saturated rings. The van der Waals surface area contributed by atoms with E-state index in [9.17, 15) is 40.3 Å². The van der Waals surface area contributed by atoms with Crippen LogP contribution in [0.15, 0.2) is 97.2 Å². The van der Waals surface area contributed by atoms with Gasteiger partial charge in [-0.3, -0.25) is 28.9 Å². The Morgan fingerprint density at radius 3 is 1.98 bits per heavy atom. The van der Waals surface area contributed by atoms with Crippen molar-refractivity contribution < 1.29 is 30.7 Å². The molecule has 3 aromatic rings. The Labute approximate surface area is 285 Å². The lowest BCUT2D eigenvalue weighted by atomic mass is 10.0. The molecule has 15 nitrogen and oxygen atoms in total. The first-order valence-electron chi connectivity index (χ1n) is 15.1. The fourth-order valence-corrected chi connectivity index (χ4v) is 6.73. The molecular formula is C33H32N6O9S2. The molecule has 0 spiro atoms. The van der Waals surface area contributed by atoms with Crippen LogP contribution in [0.1, 0.15) is 25.7 Å². The monoisotopic (exact) mass is 720 g/mol. The van der Waals surface area contributed by atoms with E-state index in [1.807, 2.05) is 19.2 Å². The highest BCUT2D eigenvalue weighted by Gasteiger charge is 2.21. The van der Waals surface area contributed by atoms with Crippen LogP contribution in [0.25, 0.3) is 10.8 Å². The summed E-state index contributed by atoms with van der Waals surface area (Å²) in [6, 6.07) is 17.3. The van der Waals surface area contributed by atoms with E-state index in [0.717, 1.165) is 37.6 Å². The summed E-state index contributed by atoms with van der Waals surface area (Å²) in [5.41, 5.74) is 10.6. The minimum atomic E-state index is -5.11. The minimum Gasteiger partial charge on any atom is -0.375 e.